The zero-order chi connectivity index (χ0) is 26.1. The summed E-state index contributed by atoms with van der Waals surface area (Å²) < 4.78 is 4.33. The quantitative estimate of drug-likeness (QED) is 0.316. The molecule has 0 unspecified atom stereocenters. The van der Waals surface area contributed by atoms with Crippen LogP contribution in [0.15, 0.2) is 91.6 Å². The van der Waals surface area contributed by atoms with Crippen LogP contribution >= 0.6 is 0 Å². The average Bonchev–Trinajstić information content (AvgIpc) is 3.55. The van der Waals surface area contributed by atoms with Crippen LogP contribution in [0.25, 0.3) is 21.9 Å². The van der Waals surface area contributed by atoms with Gasteiger partial charge in [0.25, 0.3) is 5.91 Å². The van der Waals surface area contributed by atoms with Crippen LogP contribution in [0, 0.1) is 6.92 Å². The lowest BCUT2D eigenvalue weighted by atomic mass is 9.97. The summed E-state index contributed by atoms with van der Waals surface area (Å²) in [6.07, 6.45) is 7.98. The number of hydrogen-bond donors (Lipinski definition) is 0. The number of nitrogens with zero attached hydrogens (tertiary/aromatic N) is 5. The SMILES string of the molecule is Cc1cccc(Cn2cncc2Cn2cc(C(=O)N3CCN(C)CC3)c(-c3cccc4ccccc34)c2)c1. The van der Waals surface area contributed by atoms with Crippen LogP contribution in [-0.4, -0.2) is 63.1 Å². The number of carbonyl (C=O) groups is 1. The molecule has 0 radical (unpaired) electrons. The fourth-order valence-electron chi connectivity index (χ4n) is 5.44. The van der Waals surface area contributed by atoms with Crippen LogP contribution in [0.2, 0.25) is 0 Å². The minimum Gasteiger partial charge on any atom is -0.347 e. The summed E-state index contributed by atoms with van der Waals surface area (Å²) in [7, 11) is 2.11. The van der Waals surface area contributed by atoms with Gasteiger partial charge in [0, 0.05) is 56.9 Å². The molecule has 1 saturated heterocycles. The molecular formula is C32H33N5O. The Morgan fingerprint density at radius 1 is 0.868 bits per heavy atom. The molecule has 6 heteroatoms. The molecule has 0 atom stereocenters. The molecule has 6 nitrogen and oxygen atoms in total. The van der Waals surface area contributed by atoms with Crippen molar-refractivity contribution in [1.82, 2.24) is 23.9 Å². The Bertz CT molecular complexity index is 1580. The van der Waals surface area contributed by atoms with Gasteiger partial charge in [-0.3, -0.25) is 4.79 Å². The summed E-state index contributed by atoms with van der Waals surface area (Å²) in [5.41, 5.74) is 6.43. The number of likely N-dealkylation sites (N-methyl/N-ethyl adjacent to an activating group) is 1. The fourth-order valence-corrected chi connectivity index (χ4v) is 5.44. The number of aromatic nitrogens is 3. The van der Waals surface area contributed by atoms with Crippen LogP contribution in [0.3, 0.4) is 0 Å². The Kier molecular flexibility index (Phi) is 6.56. The van der Waals surface area contributed by atoms with E-state index in [1.807, 2.05) is 23.6 Å². The maximum absolute atomic E-state index is 13.9. The third-order valence-electron chi connectivity index (χ3n) is 7.56. The Labute approximate surface area is 223 Å². The first kappa shape index (κ1) is 24.2. The van der Waals surface area contributed by atoms with Crippen LogP contribution in [0.1, 0.15) is 27.2 Å². The highest BCUT2D eigenvalue weighted by Crippen LogP contribution is 2.33. The normalized spacial score (nSPS) is 14.3. The molecule has 0 saturated carbocycles. The van der Waals surface area contributed by atoms with Crippen molar-refractivity contribution in [3.05, 3.63) is 114 Å². The minimum absolute atomic E-state index is 0.105. The topological polar surface area (TPSA) is 46.3 Å². The van der Waals surface area contributed by atoms with Crippen molar-refractivity contribution in [2.75, 3.05) is 33.2 Å². The van der Waals surface area contributed by atoms with E-state index in [9.17, 15) is 4.79 Å². The number of fused-ring (bicyclic) bond motifs is 1. The number of amides is 1. The first-order valence-corrected chi connectivity index (χ1v) is 13.3. The molecule has 6 rings (SSSR count). The van der Waals surface area contributed by atoms with Gasteiger partial charge in [-0.2, -0.15) is 0 Å². The second-order valence-corrected chi connectivity index (χ2v) is 10.4. The molecule has 2 aromatic heterocycles. The molecule has 0 bridgehead atoms. The maximum atomic E-state index is 13.9. The van der Waals surface area contributed by atoms with E-state index in [-0.39, 0.29) is 5.91 Å². The van der Waals surface area contributed by atoms with Gasteiger partial charge in [0.15, 0.2) is 0 Å². The zero-order valence-electron chi connectivity index (χ0n) is 22.0. The van der Waals surface area contributed by atoms with E-state index in [0.29, 0.717) is 6.54 Å². The number of benzene rings is 3. The summed E-state index contributed by atoms with van der Waals surface area (Å²) in [5.74, 6) is 0.105. The lowest BCUT2D eigenvalue weighted by molar-refractivity contribution is 0.0665. The number of hydrogen-bond acceptors (Lipinski definition) is 3. The van der Waals surface area contributed by atoms with E-state index >= 15 is 0 Å². The number of imidazole rings is 1. The summed E-state index contributed by atoms with van der Waals surface area (Å²) in [6, 6.07) is 23.3. The van der Waals surface area contributed by atoms with Crippen molar-refractivity contribution < 1.29 is 4.79 Å². The standard InChI is InChI=1S/C32H33N5O/c1-24-7-5-8-25(17-24)19-37-23-33-18-27(37)20-35-21-30(29-12-6-10-26-9-3-4-11-28(26)29)31(22-35)32(38)36-15-13-34(2)14-16-36/h3-12,17-18,21-23H,13-16,19-20H2,1-2H3. The molecule has 3 aromatic carbocycles. The van der Waals surface area contributed by atoms with Gasteiger partial charge in [-0.15, -0.1) is 0 Å². The van der Waals surface area contributed by atoms with Gasteiger partial charge in [-0.1, -0.05) is 72.3 Å². The van der Waals surface area contributed by atoms with Crippen molar-refractivity contribution in [1.29, 1.82) is 0 Å². The molecular weight excluding hydrogens is 470 g/mol. The predicted molar refractivity (Wildman–Crippen MR) is 152 cm³/mol. The van der Waals surface area contributed by atoms with Crippen LogP contribution in [-0.2, 0) is 13.1 Å². The monoisotopic (exact) mass is 503 g/mol. The Balaban J connectivity index is 1.37. The second-order valence-electron chi connectivity index (χ2n) is 10.4. The van der Waals surface area contributed by atoms with Gasteiger partial charge >= 0.3 is 0 Å². The van der Waals surface area contributed by atoms with Crippen LogP contribution in [0.5, 0.6) is 0 Å². The third-order valence-corrected chi connectivity index (χ3v) is 7.56. The molecule has 192 valence electrons. The number of rotatable bonds is 6. The molecule has 1 fully saturated rings. The molecule has 5 aromatic rings. The highest BCUT2D eigenvalue weighted by molar-refractivity contribution is 6.06. The van der Waals surface area contributed by atoms with Crippen molar-refractivity contribution in [2.45, 2.75) is 20.0 Å². The Hall–Kier alpha value is -4.16. The summed E-state index contributed by atoms with van der Waals surface area (Å²) >= 11 is 0. The van der Waals surface area contributed by atoms with Crippen molar-refractivity contribution in [3.63, 3.8) is 0 Å². The van der Waals surface area contributed by atoms with Gasteiger partial charge in [-0.25, -0.2) is 4.98 Å². The molecule has 3 heterocycles. The maximum Gasteiger partial charge on any atom is 0.256 e. The van der Waals surface area contributed by atoms with Gasteiger partial charge in [0.1, 0.15) is 0 Å². The molecule has 1 aliphatic heterocycles. The Morgan fingerprint density at radius 3 is 2.50 bits per heavy atom. The van der Waals surface area contributed by atoms with Gasteiger partial charge in [-0.05, 0) is 35.9 Å². The van der Waals surface area contributed by atoms with Crippen LogP contribution in [0.4, 0.5) is 0 Å². The number of piperazine rings is 1. The largest absolute Gasteiger partial charge is 0.347 e. The highest BCUT2D eigenvalue weighted by atomic mass is 16.2. The van der Waals surface area contributed by atoms with Gasteiger partial charge < -0.3 is 18.9 Å². The smallest absolute Gasteiger partial charge is 0.256 e. The zero-order valence-corrected chi connectivity index (χ0v) is 22.0. The van der Waals surface area contributed by atoms with E-state index in [2.05, 4.69) is 106 Å². The molecule has 38 heavy (non-hydrogen) atoms. The Morgan fingerprint density at radius 2 is 1.66 bits per heavy atom. The molecule has 1 amide bonds. The highest BCUT2D eigenvalue weighted by Gasteiger charge is 2.25. The molecule has 0 N–H and O–H groups in total. The molecule has 1 aliphatic rings. The van der Waals surface area contributed by atoms with Crippen LogP contribution < -0.4 is 0 Å². The first-order chi connectivity index (χ1) is 18.5. The van der Waals surface area contributed by atoms with E-state index in [0.717, 1.165) is 60.5 Å². The first-order valence-electron chi connectivity index (χ1n) is 13.3. The number of carbonyl (C=O) groups excluding carboxylic acids is 1. The van der Waals surface area contributed by atoms with Gasteiger partial charge in [0.05, 0.1) is 24.1 Å². The fraction of sp³-hybridized carbons (Fsp3) is 0.250. The lowest BCUT2D eigenvalue weighted by Crippen LogP contribution is -2.47. The second kappa shape index (κ2) is 10.3. The van der Waals surface area contributed by atoms with Crippen molar-refractivity contribution >= 4 is 16.7 Å². The molecule has 0 spiro atoms. The van der Waals surface area contributed by atoms with E-state index in [4.69, 9.17) is 0 Å². The summed E-state index contributed by atoms with van der Waals surface area (Å²) in [6.45, 7) is 6.81. The minimum atomic E-state index is 0.105. The lowest BCUT2D eigenvalue weighted by Gasteiger charge is -2.32. The predicted octanol–water partition coefficient (Wildman–Crippen LogP) is 5.30. The van der Waals surface area contributed by atoms with E-state index in [1.165, 1.54) is 16.5 Å². The van der Waals surface area contributed by atoms with Crippen molar-refractivity contribution in [3.8, 4) is 11.1 Å². The summed E-state index contributed by atoms with van der Waals surface area (Å²) in [5, 5.41) is 2.33. The average molecular weight is 504 g/mol. The third kappa shape index (κ3) is 4.87. The molecule has 0 aliphatic carbocycles. The summed E-state index contributed by atoms with van der Waals surface area (Å²) in [4.78, 5) is 22.6. The van der Waals surface area contributed by atoms with Gasteiger partial charge in [0.2, 0.25) is 0 Å². The van der Waals surface area contributed by atoms with E-state index < -0.39 is 0 Å². The van der Waals surface area contributed by atoms with E-state index in [1.54, 1.807) is 0 Å². The number of aryl methyl sites for hydroxylation is 1. The van der Waals surface area contributed by atoms with Crippen molar-refractivity contribution in [2.24, 2.45) is 0 Å².